The Morgan fingerprint density at radius 2 is 1.94 bits per heavy atom. The summed E-state index contributed by atoms with van der Waals surface area (Å²) in [4.78, 5) is 31.7. The van der Waals surface area contributed by atoms with Gasteiger partial charge in [0.05, 0.1) is 6.42 Å². The lowest BCUT2D eigenvalue weighted by atomic mass is 10.1. The summed E-state index contributed by atoms with van der Waals surface area (Å²) >= 11 is 0. The van der Waals surface area contributed by atoms with E-state index in [1.807, 2.05) is 0 Å². The van der Waals surface area contributed by atoms with Gasteiger partial charge in [-0.3, -0.25) is 4.79 Å². The van der Waals surface area contributed by atoms with Crippen LogP contribution in [0.2, 0.25) is 0 Å². The van der Waals surface area contributed by atoms with E-state index in [1.54, 1.807) is 0 Å². The average molecular weight is 228 g/mol. The molecule has 0 aromatic heterocycles. The number of rotatable bonds is 6. The molecule has 0 saturated carbocycles. The average Bonchev–Trinajstić information content (AvgIpc) is 2.15. The van der Waals surface area contributed by atoms with Crippen LogP contribution in [0.3, 0.4) is 0 Å². The number of carboxylic acid groups (broad SMARTS) is 2. The number of hydrogen-bond donors (Lipinski definition) is 2. The largest absolute Gasteiger partial charge is 0.481 e. The van der Waals surface area contributed by atoms with E-state index in [2.05, 4.69) is 11.3 Å². The van der Waals surface area contributed by atoms with Gasteiger partial charge in [0.2, 0.25) is 0 Å². The molecule has 16 heavy (non-hydrogen) atoms. The Bertz CT molecular complexity index is 341. The number of ether oxygens (including phenoxy) is 1. The summed E-state index contributed by atoms with van der Waals surface area (Å²) in [5, 5.41) is 17.1. The van der Waals surface area contributed by atoms with Crippen molar-refractivity contribution in [3.05, 3.63) is 24.3 Å². The van der Waals surface area contributed by atoms with Crippen molar-refractivity contribution in [2.24, 2.45) is 0 Å². The number of esters is 1. The molecule has 0 amide bonds. The quantitative estimate of drug-likeness (QED) is 0.509. The standard InChI is InChI=1S/C10H12O6/c1-3-9(13)16-6(2)4-7(10(14)15)5-8(11)12/h3-4,6H,1,5H2,2H3,(H,11,12)(H,14,15). The Morgan fingerprint density at radius 3 is 2.31 bits per heavy atom. The molecule has 0 aliphatic heterocycles. The molecule has 0 radical (unpaired) electrons. The van der Waals surface area contributed by atoms with Gasteiger partial charge in [-0.15, -0.1) is 0 Å². The molecule has 0 spiro atoms. The molecule has 6 nitrogen and oxygen atoms in total. The second-order valence-electron chi connectivity index (χ2n) is 2.91. The molecule has 88 valence electrons. The van der Waals surface area contributed by atoms with Crippen molar-refractivity contribution in [3.63, 3.8) is 0 Å². The first-order chi connectivity index (χ1) is 7.36. The highest BCUT2D eigenvalue weighted by atomic mass is 16.5. The van der Waals surface area contributed by atoms with Crippen LogP contribution in [-0.4, -0.2) is 34.2 Å². The van der Waals surface area contributed by atoms with Crippen LogP contribution in [0.4, 0.5) is 0 Å². The van der Waals surface area contributed by atoms with Crippen LogP contribution in [0, 0.1) is 0 Å². The van der Waals surface area contributed by atoms with Gasteiger partial charge in [0.1, 0.15) is 6.10 Å². The minimum absolute atomic E-state index is 0.336. The van der Waals surface area contributed by atoms with Crippen LogP contribution in [-0.2, 0) is 19.1 Å². The molecule has 0 aromatic carbocycles. The predicted octanol–water partition coefficient (Wildman–Crippen LogP) is 0.590. The van der Waals surface area contributed by atoms with Crippen LogP contribution in [0.1, 0.15) is 13.3 Å². The summed E-state index contributed by atoms with van der Waals surface area (Å²) in [6, 6.07) is 0. The van der Waals surface area contributed by atoms with Gasteiger partial charge in [-0.25, -0.2) is 9.59 Å². The topological polar surface area (TPSA) is 101 Å². The number of carbonyl (C=O) groups excluding carboxylic acids is 1. The SMILES string of the molecule is C=CC(=O)OC(C)C=C(CC(=O)O)C(=O)O. The first kappa shape index (κ1) is 13.9. The molecule has 0 fully saturated rings. The summed E-state index contributed by atoms with van der Waals surface area (Å²) in [5.41, 5.74) is -0.336. The molecule has 0 rings (SSSR count). The molecule has 2 N–H and O–H groups in total. The van der Waals surface area contributed by atoms with Gasteiger partial charge in [-0.1, -0.05) is 6.58 Å². The van der Waals surface area contributed by atoms with Gasteiger partial charge in [0, 0.05) is 11.6 Å². The number of carboxylic acids is 2. The normalized spacial score (nSPS) is 12.7. The fourth-order valence-electron chi connectivity index (χ4n) is 0.917. The fraction of sp³-hybridized carbons (Fsp3) is 0.300. The highest BCUT2D eigenvalue weighted by Gasteiger charge is 2.14. The Kier molecular flexibility index (Phi) is 5.55. The van der Waals surface area contributed by atoms with Crippen LogP contribution in [0.25, 0.3) is 0 Å². The van der Waals surface area contributed by atoms with Crippen molar-refractivity contribution >= 4 is 17.9 Å². The zero-order valence-corrected chi connectivity index (χ0v) is 8.67. The van der Waals surface area contributed by atoms with Crippen LogP contribution in [0.5, 0.6) is 0 Å². The van der Waals surface area contributed by atoms with Gasteiger partial charge in [-0.05, 0) is 13.0 Å². The molecule has 1 atom stereocenters. The molecule has 0 aliphatic carbocycles. The summed E-state index contributed by atoms with van der Waals surface area (Å²) in [7, 11) is 0. The van der Waals surface area contributed by atoms with Gasteiger partial charge < -0.3 is 14.9 Å². The minimum Gasteiger partial charge on any atom is -0.481 e. The zero-order chi connectivity index (χ0) is 12.7. The summed E-state index contributed by atoms with van der Waals surface area (Å²) < 4.78 is 4.67. The smallest absolute Gasteiger partial charge is 0.331 e. The lowest BCUT2D eigenvalue weighted by molar-refractivity contribution is -0.141. The molecule has 6 heteroatoms. The highest BCUT2D eigenvalue weighted by Crippen LogP contribution is 2.06. The van der Waals surface area contributed by atoms with Crippen molar-refractivity contribution in [1.29, 1.82) is 0 Å². The molecule has 0 aliphatic rings. The fourth-order valence-corrected chi connectivity index (χ4v) is 0.917. The monoisotopic (exact) mass is 228 g/mol. The van der Waals surface area contributed by atoms with Crippen molar-refractivity contribution < 1.29 is 29.3 Å². The third-order valence-electron chi connectivity index (χ3n) is 1.52. The lowest BCUT2D eigenvalue weighted by Gasteiger charge is -2.08. The maximum absolute atomic E-state index is 10.8. The lowest BCUT2D eigenvalue weighted by Crippen LogP contribution is -2.14. The minimum atomic E-state index is -1.36. The summed E-state index contributed by atoms with van der Waals surface area (Å²) in [5.74, 6) is -3.33. The summed E-state index contributed by atoms with van der Waals surface area (Å²) in [6.07, 6.45) is 0.543. The van der Waals surface area contributed by atoms with Crippen molar-refractivity contribution in [3.8, 4) is 0 Å². The highest BCUT2D eigenvalue weighted by molar-refractivity contribution is 5.92. The van der Waals surface area contributed by atoms with E-state index in [4.69, 9.17) is 10.2 Å². The molecule has 0 heterocycles. The van der Waals surface area contributed by atoms with Crippen LogP contribution >= 0.6 is 0 Å². The Morgan fingerprint density at radius 1 is 1.38 bits per heavy atom. The van der Waals surface area contributed by atoms with Crippen LogP contribution < -0.4 is 0 Å². The maximum atomic E-state index is 10.8. The Balaban J connectivity index is 4.64. The zero-order valence-electron chi connectivity index (χ0n) is 8.67. The number of hydrogen-bond acceptors (Lipinski definition) is 4. The van der Waals surface area contributed by atoms with Gasteiger partial charge in [0.25, 0.3) is 0 Å². The molecule has 0 bridgehead atoms. The second-order valence-corrected chi connectivity index (χ2v) is 2.91. The Hall–Kier alpha value is -2.11. The van der Waals surface area contributed by atoms with E-state index in [0.29, 0.717) is 0 Å². The van der Waals surface area contributed by atoms with Crippen molar-refractivity contribution in [2.45, 2.75) is 19.4 Å². The molecular weight excluding hydrogens is 216 g/mol. The third-order valence-corrected chi connectivity index (χ3v) is 1.52. The Labute approximate surface area is 91.8 Å². The van der Waals surface area contributed by atoms with Crippen molar-refractivity contribution in [1.82, 2.24) is 0 Å². The van der Waals surface area contributed by atoms with E-state index in [-0.39, 0.29) is 5.57 Å². The van der Waals surface area contributed by atoms with Gasteiger partial charge in [0.15, 0.2) is 0 Å². The van der Waals surface area contributed by atoms with E-state index < -0.39 is 30.4 Å². The molecule has 0 saturated heterocycles. The van der Waals surface area contributed by atoms with Crippen LogP contribution in [0.15, 0.2) is 24.3 Å². The molecule has 1 unspecified atom stereocenters. The first-order valence-electron chi connectivity index (χ1n) is 4.35. The molecular formula is C10H12O6. The maximum Gasteiger partial charge on any atom is 0.331 e. The van der Waals surface area contributed by atoms with E-state index >= 15 is 0 Å². The molecule has 0 aromatic rings. The second kappa shape index (κ2) is 6.39. The third kappa shape index (κ3) is 5.58. The van der Waals surface area contributed by atoms with Gasteiger partial charge in [-0.2, -0.15) is 0 Å². The first-order valence-corrected chi connectivity index (χ1v) is 4.35. The van der Waals surface area contributed by atoms with E-state index in [9.17, 15) is 14.4 Å². The number of aliphatic carboxylic acids is 2. The van der Waals surface area contributed by atoms with Crippen molar-refractivity contribution in [2.75, 3.05) is 0 Å². The van der Waals surface area contributed by atoms with E-state index in [1.165, 1.54) is 6.92 Å². The van der Waals surface area contributed by atoms with E-state index in [0.717, 1.165) is 12.2 Å². The van der Waals surface area contributed by atoms with Gasteiger partial charge >= 0.3 is 17.9 Å². The number of carbonyl (C=O) groups is 3. The predicted molar refractivity (Wildman–Crippen MR) is 53.7 cm³/mol. The summed E-state index contributed by atoms with van der Waals surface area (Å²) in [6.45, 7) is 4.59.